The van der Waals surface area contributed by atoms with Gasteiger partial charge in [0.1, 0.15) is 18.2 Å². The number of phenolic OH excluding ortho intramolecular Hbond substituents is 1. The molecule has 1 aromatic heterocycles. The van der Waals surface area contributed by atoms with Crippen molar-refractivity contribution in [3.05, 3.63) is 71.8 Å². The molecule has 1 amide bonds. The van der Waals surface area contributed by atoms with E-state index in [-0.39, 0.29) is 29.5 Å². The number of benzene rings is 3. The quantitative estimate of drug-likeness (QED) is 0.378. The van der Waals surface area contributed by atoms with Crippen molar-refractivity contribution in [2.45, 2.75) is 26.0 Å². The van der Waals surface area contributed by atoms with Crippen molar-refractivity contribution < 1.29 is 28.4 Å². The molecule has 1 fully saturated rings. The number of ether oxygens (including phenoxy) is 3. The van der Waals surface area contributed by atoms with E-state index in [1.165, 1.54) is 0 Å². The molecule has 194 valence electrons. The number of alkyl carbamates (subject to hydrolysis) is 1. The Bertz CT molecular complexity index is 1510. The molecule has 9 heteroatoms. The largest absolute Gasteiger partial charge is 0.507 e. The normalized spacial score (nSPS) is 16.2. The lowest BCUT2D eigenvalue weighted by Crippen LogP contribution is -2.37. The minimum Gasteiger partial charge on any atom is -0.507 e. The predicted molar refractivity (Wildman–Crippen MR) is 144 cm³/mol. The molecular formula is C28H32N4O5. The van der Waals surface area contributed by atoms with Gasteiger partial charge in [-0.05, 0) is 49.2 Å². The Balaban J connectivity index is 0.00000147. The second-order valence-electron chi connectivity index (χ2n) is 9.21. The van der Waals surface area contributed by atoms with Crippen LogP contribution in [-0.4, -0.2) is 47.1 Å². The molecule has 3 aromatic carbocycles. The number of fused-ring (bicyclic) bond motifs is 2. The van der Waals surface area contributed by atoms with Gasteiger partial charge in [-0.3, -0.25) is 0 Å². The number of carbonyl (C=O) groups excluding carboxylic acids is 1. The maximum absolute atomic E-state index is 12.6. The van der Waals surface area contributed by atoms with Gasteiger partial charge >= 0.3 is 6.09 Å². The number of aryl methyl sites for hydroxylation is 1. The van der Waals surface area contributed by atoms with Crippen LogP contribution in [0, 0.1) is 6.92 Å². The molecule has 0 radical (unpaired) electrons. The van der Waals surface area contributed by atoms with Crippen LogP contribution < -0.4 is 19.7 Å². The van der Waals surface area contributed by atoms with E-state index in [0.717, 1.165) is 34.3 Å². The third-order valence-corrected chi connectivity index (χ3v) is 6.62. The van der Waals surface area contributed by atoms with Crippen LogP contribution in [0.4, 0.5) is 10.6 Å². The smallest absolute Gasteiger partial charge is 0.407 e. The van der Waals surface area contributed by atoms with E-state index in [1.807, 2.05) is 49.4 Å². The lowest BCUT2D eigenvalue weighted by molar-refractivity contribution is 0.134. The van der Waals surface area contributed by atoms with Crippen LogP contribution in [0.3, 0.4) is 0 Å². The highest BCUT2D eigenvalue weighted by Gasteiger charge is 2.28. The lowest BCUT2D eigenvalue weighted by Gasteiger charge is -2.21. The van der Waals surface area contributed by atoms with Crippen molar-refractivity contribution in [1.82, 2.24) is 15.3 Å². The topological polar surface area (TPSA) is 106 Å². The van der Waals surface area contributed by atoms with Gasteiger partial charge in [0.2, 0.25) is 6.79 Å². The van der Waals surface area contributed by atoms with Crippen molar-refractivity contribution in [1.29, 1.82) is 0 Å². The van der Waals surface area contributed by atoms with Crippen molar-refractivity contribution in [2.24, 2.45) is 0 Å². The van der Waals surface area contributed by atoms with Crippen LogP contribution >= 0.6 is 0 Å². The SMILES string of the molecule is Cc1ccc2c(N3CC[C@@H](NC(=O)OCc4cccc5c4OCO5)C3)nc(-c3ccccc3O)nc2c1.[HH].[HH].[HH]. The number of aromatic nitrogens is 2. The van der Waals surface area contributed by atoms with Gasteiger partial charge in [0.05, 0.1) is 17.1 Å². The Labute approximate surface area is 218 Å². The zero-order valence-corrected chi connectivity index (χ0v) is 20.3. The highest BCUT2D eigenvalue weighted by Crippen LogP contribution is 2.36. The molecule has 0 aliphatic carbocycles. The molecule has 2 aliphatic rings. The lowest BCUT2D eigenvalue weighted by atomic mass is 10.1. The number of rotatable bonds is 5. The van der Waals surface area contributed by atoms with Crippen LogP contribution in [0.15, 0.2) is 60.7 Å². The standard InChI is InChI=1S/C28H26N4O5.3H2/c1-17-9-10-20-22(13-17)30-26(21-6-2-3-7-23(21)33)31-27(20)32-12-11-19(14-32)29-28(34)35-15-18-5-4-8-24-25(18)37-16-36-24;;;/h2-10,13,19,33H,11-12,14-16H2,1H3,(H,29,34);3*1H/t19-;;;/m1.../s1. The average molecular weight is 505 g/mol. The molecule has 6 rings (SSSR count). The molecule has 2 aliphatic heterocycles. The van der Waals surface area contributed by atoms with E-state index < -0.39 is 6.09 Å². The molecule has 4 aromatic rings. The van der Waals surface area contributed by atoms with Gasteiger partial charge in [-0.15, -0.1) is 0 Å². The van der Waals surface area contributed by atoms with Crippen LogP contribution in [0.5, 0.6) is 17.2 Å². The fourth-order valence-corrected chi connectivity index (χ4v) is 4.77. The summed E-state index contributed by atoms with van der Waals surface area (Å²) in [5, 5.41) is 14.3. The first-order chi connectivity index (χ1) is 18.0. The summed E-state index contributed by atoms with van der Waals surface area (Å²) in [7, 11) is 0. The average Bonchev–Trinajstić information content (AvgIpc) is 3.57. The maximum atomic E-state index is 12.6. The van der Waals surface area contributed by atoms with Gasteiger partial charge in [0.25, 0.3) is 0 Å². The maximum Gasteiger partial charge on any atom is 0.407 e. The van der Waals surface area contributed by atoms with Gasteiger partial charge in [-0.1, -0.05) is 30.3 Å². The molecule has 1 saturated heterocycles. The second kappa shape index (κ2) is 9.50. The number of phenols is 1. The van der Waals surface area contributed by atoms with Gasteiger partial charge < -0.3 is 29.5 Å². The summed E-state index contributed by atoms with van der Waals surface area (Å²) < 4.78 is 16.3. The molecule has 0 saturated carbocycles. The second-order valence-corrected chi connectivity index (χ2v) is 9.21. The third kappa shape index (κ3) is 4.55. The molecule has 1 atom stereocenters. The predicted octanol–water partition coefficient (Wildman–Crippen LogP) is 5.28. The molecule has 0 bridgehead atoms. The van der Waals surface area contributed by atoms with Crippen LogP contribution in [0.1, 0.15) is 21.8 Å². The number of hydrogen-bond donors (Lipinski definition) is 2. The fourth-order valence-electron chi connectivity index (χ4n) is 4.77. The zero-order valence-electron chi connectivity index (χ0n) is 20.3. The Kier molecular flexibility index (Phi) is 5.88. The minimum atomic E-state index is -0.485. The summed E-state index contributed by atoms with van der Waals surface area (Å²) in [5.41, 5.74) is 3.23. The molecule has 0 unspecified atom stereocenters. The van der Waals surface area contributed by atoms with E-state index >= 15 is 0 Å². The van der Waals surface area contributed by atoms with Crippen molar-refractivity contribution >= 4 is 22.8 Å². The highest BCUT2D eigenvalue weighted by atomic mass is 16.7. The van der Waals surface area contributed by atoms with E-state index in [4.69, 9.17) is 24.2 Å². The number of nitrogens with one attached hydrogen (secondary N) is 1. The van der Waals surface area contributed by atoms with E-state index in [9.17, 15) is 9.90 Å². The summed E-state index contributed by atoms with van der Waals surface area (Å²) >= 11 is 0. The number of nitrogens with zero attached hydrogens (tertiary/aromatic N) is 3. The molecular weight excluding hydrogens is 472 g/mol. The first kappa shape index (κ1) is 22.9. The Morgan fingerprint density at radius 3 is 2.95 bits per heavy atom. The Hall–Kier alpha value is -4.53. The summed E-state index contributed by atoms with van der Waals surface area (Å²) in [6.45, 7) is 3.56. The summed E-state index contributed by atoms with van der Waals surface area (Å²) in [6, 6.07) is 18.5. The minimum absolute atomic E-state index is 0. The summed E-state index contributed by atoms with van der Waals surface area (Å²) in [6.07, 6.45) is 0.261. The van der Waals surface area contributed by atoms with E-state index in [0.29, 0.717) is 36.0 Å². The number of amides is 1. The number of aromatic hydroxyl groups is 1. The van der Waals surface area contributed by atoms with Gasteiger partial charge in [-0.25, -0.2) is 14.8 Å². The highest BCUT2D eigenvalue weighted by molar-refractivity contribution is 5.92. The first-order valence-corrected chi connectivity index (χ1v) is 12.2. The van der Waals surface area contributed by atoms with Crippen LogP contribution in [-0.2, 0) is 11.3 Å². The van der Waals surface area contributed by atoms with Gasteiger partial charge in [0, 0.05) is 28.3 Å². The van der Waals surface area contributed by atoms with E-state index in [2.05, 4.69) is 10.2 Å². The zero-order chi connectivity index (χ0) is 25.4. The molecule has 37 heavy (non-hydrogen) atoms. The molecule has 9 nitrogen and oxygen atoms in total. The Morgan fingerprint density at radius 1 is 1.16 bits per heavy atom. The van der Waals surface area contributed by atoms with Crippen molar-refractivity contribution in [3.8, 4) is 28.6 Å². The molecule has 2 N–H and O–H groups in total. The van der Waals surface area contributed by atoms with Crippen molar-refractivity contribution in [2.75, 3.05) is 24.8 Å². The fraction of sp³-hybridized carbons (Fsp3) is 0.250. The Morgan fingerprint density at radius 2 is 2.05 bits per heavy atom. The number of para-hydroxylation sites is 2. The van der Waals surface area contributed by atoms with Gasteiger partial charge in [0.15, 0.2) is 17.3 Å². The number of carbonyl (C=O) groups is 1. The third-order valence-electron chi connectivity index (χ3n) is 6.62. The van der Waals surface area contributed by atoms with Crippen molar-refractivity contribution in [3.63, 3.8) is 0 Å². The first-order valence-electron chi connectivity index (χ1n) is 12.2. The number of anilines is 1. The summed E-state index contributed by atoms with van der Waals surface area (Å²) in [4.78, 5) is 24.3. The van der Waals surface area contributed by atoms with Crippen LogP contribution in [0.2, 0.25) is 0 Å². The van der Waals surface area contributed by atoms with E-state index in [1.54, 1.807) is 18.2 Å². The molecule has 0 spiro atoms. The number of hydrogen-bond acceptors (Lipinski definition) is 8. The molecule has 3 heterocycles. The summed E-state index contributed by atoms with van der Waals surface area (Å²) in [5.74, 6) is 2.64. The monoisotopic (exact) mass is 504 g/mol. The van der Waals surface area contributed by atoms with Gasteiger partial charge in [-0.2, -0.15) is 0 Å². The van der Waals surface area contributed by atoms with Crippen LogP contribution in [0.25, 0.3) is 22.3 Å².